The summed E-state index contributed by atoms with van der Waals surface area (Å²) < 4.78 is 43.6. The summed E-state index contributed by atoms with van der Waals surface area (Å²) in [6, 6.07) is 5.10. The van der Waals surface area contributed by atoms with Crippen molar-refractivity contribution in [3.8, 4) is 0 Å². The van der Waals surface area contributed by atoms with E-state index in [0.717, 1.165) is 6.07 Å². The number of aromatic nitrogens is 1. The Morgan fingerprint density at radius 1 is 1.29 bits per heavy atom. The number of carbonyl (C=O) groups excluding carboxylic acids is 1. The summed E-state index contributed by atoms with van der Waals surface area (Å²) in [4.78, 5) is 15.8. The average molecular weight is 298 g/mol. The number of aryl methyl sites for hydroxylation is 2. The predicted molar refractivity (Wildman–Crippen MR) is 68.6 cm³/mol. The van der Waals surface area contributed by atoms with Gasteiger partial charge in [0.2, 0.25) is 0 Å². The molecule has 0 fully saturated rings. The summed E-state index contributed by atoms with van der Waals surface area (Å²) in [7, 11) is 0. The minimum atomic E-state index is -4.46. The van der Waals surface area contributed by atoms with Crippen LogP contribution >= 0.6 is 0 Å². The molecule has 0 atom stereocenters. The molecule has 0 aliphatic heterocycles. The minimum absolute atomic E-state index is 0.00350. The normalized spacial score (nSPS) is 11.5. The molecule has 1 heterocycles. The van der Waals surface area contributed by atoms with Crippen LogP contribution in [0.25, 0.3) is 0 Å². The van der Waals surface area contributed by atoms with Gasteiger partial charge in [-0.05, 0) is 18.6 Å². The molecule has 2 rings (SSSR count). The summed E-state index contributed by atoms with van der Waals surface area (Å²) in [5.74, 6) is 0.0868. The molecule has 2 aromatic rings. The van der Waals surface area contributed by atoms with Crippen molar-refractivity contribution < 1.29 is 22.4 Å². The molecule has 0 aliphatic rings. The molecule has 0 saturated heterocycles. The van der Waals surface area contributed by atoms with Gasteiger partial charge in [0, 0.05) is 13.5 Å². The van der Waals surface area contributed by atoms with E-state index in [9.17, 15) is 18.0 Å². The van der Waals surface area contributed by atoms with Crippen molar-refractivity contribution in [2.24, 2.45) is 0 Å². The Kier molecular flexibility index (Phi) is 4.02. The van der Waals surface area contributed by atoms with Crippen LogP contribution in [-0.4, -0.2) is 10.9 Å². The first-order valence-electron chi connectivity index (χ1n) is 6.16. The Morgan fingerprint density at radius 2 is 1.95 bits per heavy atom. The van der Waals surface area contributed by atoms with Crippen molar-refractivity contribution in [3.63, 3.8) is 0 Å². The Bertz CT molecular complexity index is 662. The van der Waals surface area contributed by atoms with Crippen molar-refractivity contribution in [3.05, 3.63) is 52.7 Å². The van der Waals surface area contributed by atoms with E-state index in [4.69, 9.17) is 4.42 Å². The van der Waals surface area contributed by atoms with Crippen LogP contribution in [-0.2, 0) is 12.7 Å². The average Bonchev–Trinajstić information content (AvgIpc) is 2.74. The first-order valence-corrected chi connectivity index (χ1v) is 6.16. The van der Waals surface area contributed by atoms with Crippen LogP contribution in [0.1, 0.15) is 33.3 Å². The second kappa shape index (κ2) is 5.59. The van der Waals surface area contributed by atoms with E-state index in [1.807, 2.05) is 0 Å². The number of benzene rings is 1. The molecule has 1 amide bonds. The van der Waals surface area contributed by atoms with Crippen LogP contribution in [0, 0.1) is 13.8 Å². The van der Waals surface area contributed by atoms with Gasteiger partial charge in [0.25, 0.3) is 5.91 Å². The summed E-state index contributed by atoms with van der Waals surface area (Å²) in [5.41, 5.74) is -0.688. The Morgan fingerprint density at radius 3 is 2.52 bits per heavy atom. The molecule has 0 unspecified atom stereocenters. The summed E-state index contributed by atoms with van der Waals surface area (Å²) in [6.45, 7) is 2.92. The van der Waals surface area contributed by atoms with Crippen LogP contribution in [0.3, 0.4) is 0 Å². The van der Waals surface area contributed by atoms with E-state index in [-0.39, 0.29) is 17.8 Å². The Balaban J connectivity index is 2.14. The van der Waals surface area contributed by atoms with Crippen LogP contribution in [0.2, 0.25) is 0 Å². The first kappa shape index (κ1) is 15.1. The van der Waals surface area contributed by atoms with Crippen molar-refractivity contribution in [1.82, 2.24) is 10.3 Å². The van der Waals surface area contributed by atoms with E-state index in [1.54, 1.807) is 13.8 Å². The lowest BCUT2D eigenvalue weighted by Gasteiger charge is -2.12. The van der Waals surface area contributed by atoms with Crippen molar-refractivity contribution in [2.75, 3.05) is 0 Å². The van der Waals surface area contributed by atoms with Gasteiger partial charge in [-0.2, -0.15) is 13.2 Å². The highest BCUT2D eigenvalue weighted by molar-refractivity contribution is 5.93. The van der Waals surface area contributed by atoms with E-state index < -0.39 is 17.6 Å². The molecule has 0 aliphatic carbocycles. The largest absolute Gasteiger partial charge is 0.445 e. The fraction of sp³-hybridized carbons (Fsp3) is 0.286. The maximum Gasteiger partial charge on any atom is 0.416 e. The molecule has 21 heavy (non-hydrogen) atoms. The maximum atomic E-state index is 12.8. The van der Waals surface area contributed by atoms with E-state index in [1.165, 1.54) is 18.2 Å². The maximum absolute atomic E-state index is 12.8. The number of halogens is 3. The standard InChI is InChI=1S/C14H13F3N2O2/c1-8-12(19-9(2)21-8)13(20)18-7-10-5-3-4-6-11(10)14(15,16)17/h3-6H,7H2,1-2H3,(H,18,20). The molecular weight excluding hydrogens is 285 g/mol. The Labute approximate surface area is 119 Å². The number of oxazole rings is 1. The zero-order valence-electron chi connectivity index (χ0n) is 11.4. The topological polar surface area (TPSA) is 55.1 Å². The SMILES string of the molecule is Cc1nc(C(=O)NCc2ccccc2C(F)(F)F)c(C)o1. The van der Waals surface area contributed by atoms with Crippen molar-refractivity contribution in [1.29, 1.82) is 0 Å². The van der Waals surface area contributed by atoms with E-state index in [2.05, 4.69) is 10.3 Å². The quantitative estimate of drug-likeness (QED) is 0.946. The van der Waals surface area contributed by atoms with Gasteiger partial charge in [-0.1, -0.05) is 18.2 Å². The van der Waals surface area contributed by atoms with E-state index >= 15 is 0 Å². The molecule has 112 valence electrons. The predicted octanol–water partition coefficient (Wildman–Crippen LogP) is 3.24. The number of carbonyl (C=O) groups is 1. The fourth-order valence-corrected chi connectivity index (χ4v) is 1.95. The second-order valence-electron chi connectivity index (χ2n) is 4.48. The molecule has 1 N–H and O–H groups in total. The molecule has 4 nitrogen and oxygen atoms in total. The lowest BCUT2D eigenvalue weighted by atomic mass is 10.1. The molecule has 0 bridgehead atoms. The highest BCUT2D eigenvalue weighted by Crippen LogP contribution is 2.31. The molecular formula is C14H13F3N2O2. The van der Waals surface area contributed by atoms with Crippen LogP contribution in [0.4, 0.5) is 13.2 Å². The highest BCUT2D eigenvalue weighted by Gasteiger charge is 2.32. The third kappa shape index (κ3) is 3.42. The zero-order chi connectivity index (χ0) is 15.6. The lowest BCUT2D eigenvalue weighted by molar-refractivity contribution is -0.138. The molecule has 0 saturated carbocycles. The number of rotatable bonds is 3. The number of nitrogens with one attached hydrogen (secondary N) is 1. The van der Waals surface area contributed by atoms with E-state index in [0.29, 0.717) is 11.7 Å². The van der Waals surface area contributed by atoms with Crippen LogP contribution in [0.5, 0.6) is 0 Å². The highest BCUT2D eigenvalue weighted by atomic mass is 19.4. The number of hydrogen-bond donors (Lipinski definition) is 1. The third-order valence-corrected chi connectivity index (χ3v) is 2.88. The Hall–Kier alpha value is -2.31. The number of hydrogen-bond acceptors (Lipinski definition) is 3. The van der Waals surface area contributed by atoms with Gasteiger partial charge in [-0.15, -0.1) is 0 Å². The van der Waals surface area contributed by atoms with Crippen LogP contribution < -0.4 is 5.32 Å². The minimum Gasteiger partial charge on any atom is -0.445 e. The van der Waals surface area contributed by atoms with Gasteiger partial charge in [0.05, 0.1) is 5.56 Å². The van der Waals surface area contributed by atoms with Gasteiger partial charge in [-0.25, -0.2) is 4.98 Å². The third-order valence-electron chi connectivity index (χ3n) is 2.88. The zero-order valence-corrected chi connectivity index (χ0v) is 11.4. The van der Waals surface area contributed by atoms with Crippen molar-refractivity contribution >= 4 is 5.91 Å². The van der Waals surface area contributed by atoms with Crippen LogP contribution in [0.15, 0.2) is 28.7 Å². The van der Waals surface area contributed by atoms with Gasteiger partial charge < -0.3 is 9.73 Å². The van der Waals surface area contributed by atoms with Gasteiger partial charge in [0.1, 0.15) is 5.76 Å². The van der Waals surface area contributed by atoms with Gasteiger partial charge >= 0.3 is 6.18 Å². The number of alkyl halides is 3. The number of nitrogens with zero attached hydrogens (tertiary/aromatic N) is 1. The fourth-order valence-electron chi connectivity index (χ4n) is 1.95. The molecule has 0 spiro atoms. The summed E-state index contributed by atoms with van der Waals surface area (Å²) in [6.07, 6.45) is -4.46. The second-order valence-corrected chi connectivity index (χ2v) is 4.48. The monoisotopic (exact) mass is 298 g/mol. The smallest absolute Gasteiger partial charge is 0.416 e. The summed E-state index contributed by atoms with van der Waals surface area (Å²) in [5, 5.41) is 2.42. The molecule has 7 heteroatoms. The number of amides is 1. The first-order chi connectivity index (χ1) is 9.79. The summed E-state index contributed by atoms with van der Waals surface area (Å²) >= 11 is 0. The van der Waals surface area contributed by atoms with Gasteiger partial charge in [0.15, 0.2) is 11.6 Å². The molecule has 1 aromatic heterocycles. The molecule has 0 radical (unpaired) electrons. The lowest BCUT2D eigenvalue weighted by Crippen LogP contribution is -2.25. The van der Waals surface area contributed by atoms with Gasteiger partial charge in [-0.3, -0.25) is 4.79 Å². The molecule has 1 aromatic carbocycles. The van der Waals surface area contributed by atoms with Crippen molar-refractivity contribution in [2.45, 2.75) is 26.6 Å².